The van der Waals surface area contributed by atoms with Gasteiger partial charge >= 0.3 is 6.18 Å². The maximum atomic E-state index is 13.4. The summed E-state index contributed by atoms with van der Waals surface area (Å²) in [4.78, 5) is 3.62. The molecular formula is C21H18F4N4O3. The van der Waals surface area contributed by atoms with Crippen LogP contribution in [0, 0.1) is 5.82 Å². The lowest BCUT2D eigenvalue weighted by Gasteiger charge is -2.25. The highest BCUT2D eigenvalue weighted by Crippen LogP contribution is 2.43. The Hall–Kier alpha value is -3.76. The molecule has 1 aliphatic rings. The third-order valence-corrected chi connectivity index (χ3v) is 4.90. The van der Waals surface area contributed by atoms with Crippen molar-refractivity contribution in [2.45, 2.75) is 12.2 Å². The number of fused-ring (bicyclic) bond motifs is 1. The number of aromatic nitrogens is 3. The Morgan fingerprint density at radius 1 is 0.969 bits per heavy atom. The number of anilines is 1. The van der Waals surface area contributed by atoms with E-state index >= 15 is 0 Å². The summed E-state index contributed by atoms with van der Waals surface area (Å²) in [6.45, 7) is 0. The molecule has 0 unspecified atom stereocenters. The van der Waals surface area contributed by atoms with Crippen molar-refractivity contribution < 1.29 is 31.8 Å². The van der Waals surface area contributed by atoms with E-state index < -0.39 is 23.9 Å². The van der Waals surface area contributed by atoms with Gasteiger partial charge in [-0.1, -0.05) is 0 Å². The predicted molar refractivity (Wildman–Crippen MR) is 107 cm³/mol. The van der Waals surface area contributed by atoms with E-state index in [1.165, 1.54) is 45.6 Å². The van der Waals surface area contributed by atoms with E-state index in [9.17, 15) is 17.6 Å². The molecule has 1 aliphatic heterocycles. The Morgan fingerprint density at radius 3 is 2.12 bits per heavy atom. The van der Waals surface area contributed by atoms with Crippen molar-refractivity contribution >= 4 is 11.6 Å². The lowest BCUT2D eigenvalue weighted by Crippen LogP contribution is -2.20. The number of ether oxygens (including phenoxy) is 3. The number of alkyl halides is 3. The SMILES string of the molecule is COc1cc([C@@H]2C=C(c3ccc(F)cc3)Nc3nc(C(F)(F)F)nn32)cc(OC)c1OC. The summed E-state index contributed by atoms with van der Waals surface area (Å²) in [6, 6.07) is 7.97. The first kappa shape index (κ1) is 21.5. The first-order valence-electron chi connectivity index (χ1n) is 9.33. The van der Waals surface area contributed by atoms with E-state index in [-0.39, 0.29) is 5.95 Å². The van der Waals surface area contributed by atoms with Gasteiger partial charge in [-0.05, 0) is 53.6 Å². The Morgan fingerprint density at radius 2 is 1.59 bits per heavy atom. The van der Waals surface area contributed by atoms with Crippen LogP contribution in [-0.4, -0.2) is 36.1 Å². The largest absolute Gasteiger partial charge is 0.493 e. The number of rotatable bonds is 5. The van der Waals surface area contributed by atoms with Crippen LogP contribution >= 0.6 is 0 Å². The number of hydrogen-bond donors (Lipinski definition) is 1. The van der Waals surface area contributed by atoms with Gasteiger partial charge < -0.3 is 19.5 Å². The Kier molecular flexibility index (Phi) is 5.41. The van der Waals surface area contributed by atoms with Crippen molar-refractivity contribution in [2.24, 2.45) is 0 Å². The van der Waals surface area contributed by atoms with Gasteiger partial charge in [-0.25, -0.2) is 9.07 Å². The molecule has 1 atom stereocenters. The number of allylic oxidation sites excluding steroid dienone is 1. The minimum Gasteiger partial charge on any atom is -0.493 e. The van der Waals surface area contributed by atoms with Crippen molar-refractivity contribution in [3.8, 4) is 17.2 Å². The molecule has 0 saturated carbocycles. The van der Waals surface area contributed by atoms with Crippen LogP contribution in [-0.2, 0) is 6.18 Å². The second kappa shape index (κ2) is 8.06. The zero-order valence-corrected chi connectivity index (χ0v) is 17.2. The molecule has 0 bridgehead atoms. The second-order valence-electron chi connectivity index (χ2n) is 6.82. The van der Waals surface area contributed by atoms with Crippen LogP contribution < -0.4 is 19.5 Å². The normalized spacial score (nSPS) is 15.5. The summed E-state index contributed by atoms with van der Waals surface area (Å²) in [5.74, 6) is -0.840. The average molecular weight is 450 g/mol. The molecule has 1 N–H and O–H groups in total. The molecule has 0 saturated heterocycles. The third-order valence-electron chi connectivity index (χ3n) is 4.90. The number of halogens is 4. The molecule has 7 nitrogen and oxygen atoms in total. The zero-order chi connectivity index (χ0) is 23.0. The second-order valence-corrected chi connectivity index (χ2v) is 6.82. The van der Waals surface area contributed by atoms with Crippen LogP contribution in [0.2, 0.25) is 0 Å². The molecule has 3 aromatic rings. The standard InChI is InChI=1S/C21H18F4N4O3/c1-30-16-8-12(9-17(31-2)18(16)32-3)15-10-14(11-4-6-13(22)7-5-11)26-20-27-19(21(23,24)25)28-29(15)20/h4-10,15H,1-3H3,(H,26,27,28)/t15-/m0/s1. The molecule has 2 heterocycles. The Bertz CT molecular complexity index is 1150. The number of nitrogens with zero attached hydrogens (tertiary/aromatic N) is 3. The number of hydrogen-bond acceptors (Lipinski definition) is 6. The average Bonchev–Trinajstić information content (AvgIpc) is 3.22. The summed E-state index contributed by atoms with van der Waals surface area (Å²) in [6.07, 6.45) is -3.07. The minimum atomic E-state index is -4.73. The molecule has 0 amide bonds. The fourth-order valence-corrected chi connectivity index (χ4v) is 3.42. The van der Waals surface area contributed by atoms with Crippen LogP contribution in [0.25, 0.3) is 5.70 Å². The van der Waals surface area contributed by atoms with Crippen LogP contribution in [0.15, 0.2) is 42.5 Å². The van der Waals surface area contributed by atoms with Crippen LogP contribution in [0.3, 0.4) is 0 Å². The van der Waals surface area contributed by atoms with Gasteiger partial charge in [-0.2, -0.15) is 18.2 Å². The smallest absolute Gasteiger partial charge is 0.453 e. The van der Waals surface area contributed by atoms with E-state index in [1.54, 1.807) is 18.2 Å². The molecule has 1 aromatic heterocycles. The van der Waals surface area contributed by atoms with Crippen molar-refractivity contribution in [1.29, 1.82) is 0 Å². The van der Waals surface area contributed by atoms with Crippen LogP contribution in [0.4, 0.5) is 23.5 Å². The van der Waals surface area contributed by atoms with Crippen molar-refractivity contribution in [1.82, 2.24) is 14.8 Å². The lowest BCUT2D eigenvalue weighted by atomic mass is 10.0. The van der Waals surface area contributed by atoms with Gasteiger partial charge in [0.1, 0.15) is 11.9 Å². The first-order valence-corrected chi connectivity index (χ1v) is 9.33. The van der Waals surface area contributed by atoms with Crippen molar-refractivity contribution in [3.63, 3.8) is 0 Å². The monoisotopic (exact) mass is 450 g/mol. The molecule has 0 fully saturated rings. The molecule has 4 rings (SSSR count). The summed E-state index contributed by atoms with van der Waals surface area (Å²) in [5.41, 5.74) is 1.52. The number of benzene rings is 2. The van der Waals surface area contributed by atoms with E-state index in [1.807, 2.05) is 0 Å². The highest BCUT2D eigenvalue weighted by Gasteiger charge is 2.39. The highest BCUT2D eigenvalue weighted by molar-refractivity contribution is 5.77. The van der Waals surface area contributed by atoms with Gasteiger partial charge in [0.2, 0.25) is 11.7 Å². The van der Waals surface area contributed by atoms with Gasteiger partial charge in [-0.3, -0.25) is 0 Å². The molecule has 11 heteroatoms. The van der Waals surface area contributed by atoms with Crippen molar-refractivity contribution in [3.05, 3.63) is 65.2 Å². The molecule has 0 aliphatic carbocycles. The van der Waals surface area contributed by atoms with Crippen LogP contribution in [0.5, 0.6) is 17.2 Å². The summed E-state index contributed by atoms with van der Waals surface area (Å²) < 4.78 is 70.5. The molecular weight excluding hydrogens is 432 g/mol. The summed E-state index contributed by atoms with van der Waals surface area (Å²) in [7, 11) is 4.32. The topological polar surface area (TPSA) is 70.4 Å². The van der Waals surface area contributed by atoms with Gasteiger partial charge in [0.15, 0.2) is 11.5 Å². The fourth-order valence-electron chi connectivity index (χ4n) is 3.42. The Labute approximate surface area is 180 Å². The van der Waals surface area contributed by atoms with Crippen molar-refractivity contribution in [2.75, 3.05) is 26.6 Å². The van der Waals surface area contributed by atoms with Gasteiger partial charge in [0, 0.05) is 5.70 Å². The van der Waals surface area contributed by atoms with E-state index in [2.05, 4.69) is 15.4 Å². The zero-order valence-electron chi connectivity index (χ0n) is 17.2. The lowest BCUT2D eigenvalue weighted by molar-refractivity contribution is -0.145. The molecule has 32 heavy (non-hydrogen) atoms. The molecule has 0 spiro atoms. The van der Waals surface area contributed by atoms with E-state index in [0.717, 1.165) is 4.68 Å². The predicted octanol–water partition coefficient (Wildman–Crippen LogP) is 4.52. The first-order chi connectivity index (χ1) is 15.2. The van der Waals surface area contributed by atoms with Crippen LogP contribution in [0.1, 0.15) is 23.0 Å². The van der Waals surface area contributed by atoms with E-state index in [0.29, 0.717) is 34.1 Å². The number of nitrogens with one attached hydrogen (secondary N) is 1. The summed E-state index contributed by atoms with van der Waals surface area (Å²) in [5, 5.41) is 6.52. The quantitative estimate of drug-likeness (QED) is 0.577. The summed E-state index contributed by atoms with van der Waals surface area (Å²) >= 11 is 0. The maximum Gasteiger partial charge on any atom is 0.453 e. The number of methoxy groups -OCH3 is 3. The highest BCUT2D eigenvalue weighted by atomic mass is 19.4. The molecule has 2 aromatic carbocycles. The van der Waals surface area contributed by atoms with Gasteiger partial charge in [0.25, 0.3) is 5.82 Å². The molecule has 168 valence electrons. The fraction of sp³-hybridized carbons (Fsp3) is 0.238. The Balaban J connectivity index is 1.90. The minimum absolute atomic E-state index is 0.113. The van der Waals surface area contributed by atoms with Gasteiger partial charge in [0.05, 0.1) is 21.3 Å². The maximum absolute atomic E-state index is 13.4. The van der Waals surface area contributed by atoms with Gasteiger partial charge in [-0.15, -0.1) is 5.10 Å². The third kappa shape index (κ3) is 3.81. The van der Waals surface area contributed by atoms with E-state index in [4.69, 9.17) is 14.2 Å². The molecule has 0 radical (unpaired) electrons.